The molecule has 1 nitrogen and oxygen atoms in total. The summed E-state index contributed by atoms with van der Waals surface area (Å²) in [5.41, 5.74) is 3.28. The first-order valence-electron chi connectivity index (χ1n) is 6.46. The Morgan fingerprint density at radius 2 is 1.84 bits per heavy atom. The van der Waals surface area contributed by atoms with Crippen LogP contribution in [0.2, 0.25) is 5.02 Å². The highest BCUT2D eigenvalue weighted by Crippen LogP contribution is 2.30. The minimum Gasteiger partial charge on any atom is -0.395 e. The Labute approximate surface area is 119 Å². The van der Waals surface area contributed by atoms with Crippen molar-refractivity contribution in [3.05, 3.63) is 70.2 Å². The monoisotopic (exact) mass is 274 g/mol. The molecular weight excluding hydrogens is 256 g/mol. The first-order valence-corrected chi connectivity index (χ1v) is 6.84. The van der Waals surface area contributed by atoms with E-state index in [9.17, 15) is 5.11 Å². The zero-order valence-corrected chi connectivity index (χ0v) is 12.1. The standard InChI is InChI=1S/C17H19ClO/c1-13-6-3-4-7-14(13)11-17(2,12-19)15-8-5-9-16(18)10-15/h3-10,19H,11-12H2,1-2H3. The van der Waals surface area contributed by atoms with Crippen LogP contribution in [0.1, 0.15) is 23.6 Å². The van der Waals surface area contributed by atoms with Gasteiger partial charge in [0.25, 0.3) is 0 Å². The molecule has 100 valence electrons. The van der Waals surface area contributed by atoms with Gasteiger partial charge < -0.3 is 5.11 Å². The van der Waals surface area contributed by atoms with Crippen LogP contribution in [0.3, 0.4) is 0 Å². The molecule has 19 heavy (non-hydrogen) atoms. The molecule has 0 aliphatic carbocycles. The van der Waals surface area contributed by atoms with Gasteiger partial charge in [0.15, 0.2) is 0 Å². The fraction of sp³-hybridized carbons (Fsp3) is 0.294. The van der Waals surface area contributed by atoms with Crippen molar-refractivity contribution in [1.29, 1.82) is 0 Å². The van der Waals surface area contributed by atoms with Crippen LogP contribution in [0.15, 0.2) is 48.5 Å². The van der Waals surface area contributed by atoms with Gasteiger partial charge >= 0.3 is 0 Å². The third-order valence-electron chi connectivity index (χ3n) is 3.71. The molecule has 2 rings (SSSR count). The van der Waals surface area contributed by atoms with Gasteiger partial charge in [0.2, 0.25) is 0 Å². The average Bonchev–Trinajstić information content (AvgIpc) is 2.41. The van der Waals surface area contributed by atoms with Crippen LogP contribution in [0.5, 0.6) is 0 Å². The molecule has 0 aliphatic heterocycles. The van der Waals surface area contributed by atoms with Crippen molar-refractivity contribution in [3.63, 3.8) is 0 Å². The number of hydrogen-bond acceptors (Lipinski definition) is 1. The average molecular weight is 275 g/mol. The Balaban J connectivity index is 2.36. The van der Waals surface area contributed by atoms with Crippen LogP contribution in [0.4, 0.5) is 0 Å². The second kappa shape index (κ2) is 5.77. The van der Waals surface area contributed by atoms with Crippen molar-refractivity contribution < 1.29 is 5.11 Å². The van der Waals surface area contributed by atoms with Gasteiger partial charge in [-0.25, -0.2) is 0 Å². The topological polar surface area (TPSA) is 20.2 Å². The Bertz CT molecular complexity index is 565. The third-order valence-corrected chi connectivity index (χ3v) is 3.95. The third kappa shape index (κ3) is 3.17. The van der Waals surface area contributed by atoms with Crippen molar-refractivity contribution >= 4 is 11.6 Å². The van der Waals surface area contributed by atoms with Crippen LogP contribution >= 0.6 is 11.6 Å². The van der Waals surface area contributed by atoms with Gasteiger partial charge in [0.05, 0.1) is 6.61 Å². The largest absolute Gasteiger partial charge is 0.395 e. The minimum absolute atomic E-state index is 0.0989. The second-order valence-corrected chi connectivity index (χ2v) is 5.77. The molecule has 1 atom stereocenters. The molecule has 0 aliphatic rings. The summed E-state index contributed by atoms with van der Waals surface area (Å²) in [5.74, 6) is 0. The quantitative estimate of drug-likeness (QED) is 0.888. The van der Waals surface area contributed by atoms with Gasteiger partial charge in [-0.15, -0.1) is 0 Å². The van der Waals surface area contributed by atoms with Gasteiger partial charge in [-0.1, -0.05) is 54.9 Å². The number of aryl methyl sites for hydroxylation is 1. The number of aliphatic hydroxyl groups excluding tert-OH is 1. The molecular formula is C17H19ClO. The zero-order valence-electron chi connectivity index (χ0n) is 11.4. The van der Waals surface area contributed by atoms with Gasteiger partial charge in [-0.05, 0) is 42.2 Å². The summed E-state index contributed by atoms with van der Waals surface area (Å²) in [6.07, 6.45) is 0.802. The molecule has 2 aromatic rings. The molecule has 0 heterocycles. The molecule has 0 saturated carbocycles. The molecule has 0 aromatic heterocycles. The van der Waals surface area contributed by atoms with E-state index in [1.807, 2.05) is 36.4 Å². The molecule has 2 heteroatoms. The van der Waals surface area contributed by atoms with Crippen molar-refractivity contribution in [3.8, 4) is 0 Å². The Morgan fingerprint density at radius 3 is 2.47 bits per heavy atom. The summed E-state index contributed by atoms with van der Waals surface area (Å²) in [6.45, 7) is 4.28. The van der Waals surface area contributed by atoms with Crippen LogP contribution in [0.25, 0.3) is 0 Å². The van der Waals surface area contributed by atoms with Crippen molar-refractivity contribution in [1.82, 2.24) is 0 Å². The van der Waals surface area contributed by atoms with Crippen LogP contribution < -0.4 is 0 Å². The second-order valence-electron chi connectivity index (χ2n) is 5.33. The maximum atomic E-state index is 9.84. The Hall–Kier alpha value is -1.31. The van der Waals surface area contributed by atoms with E-state index in [0.29, 0.717) is 5.02 Å². The lowest BCUT2D eigenvalue weighted by atomic mass is 9.77. The molecule has 0 radical (unpaired) electrons. The number of rotatable bonds is 4. The predicted octanol–water partition coefficient (Wildman–Crippen LogP) is 4.14. The lowest BCUT2D eigenvalue weighted by Gasteiger charge is -2.29. The van der Waals surface area contributed by atoms with Crippen LogP contribution in [0, 0.1) is 6.92 Å². The van der Waals surface area contributed by atoms with E-state index in [0.717, 1.165) is 12.0 Å². The molecule has 0 fully saturated rings. The molecule has 0 saturated heterocycles. The SMILES string of the molecule is Cc1ccccc1CC(C)(CO)c1cccc(Cl)c1. The van der Waals surface area contributed by atoms with Gasteiger partial charge in [0.1, 0.15) is 0 Å². The lowest BCUT2D eigenvalue weighted by molar-refractivity contribution is 0.204. The Morgan fingerprint density at radius 1 is 1.11 bits per heavy atom. The highest BCUT2D eigenvalue weighted by atomic mass is 35.5. The summed E-state index contributed by atoms with van der Waals surface area (Å²) in [4.78, 5) is 0. The molecule has 1 unspecified atom stereocenters. The maximum Gasteiger partial charge on any atom is 0.0528 e. The summed E-state index contributed by atoms with van der Waals surface area (Å²) in [5, 5.41) is 10.5. The van der Waals surface area contributed by atoms with Crippen LogP contribution in [-0.4, -0.2) is 11.7 Å². The highest BCUT2D eigenvalue weighted by molar-refractivity contribution is 6.30. The zero-order chi connectivity index (χ0) is 13.9. The molecule has 0 spiro atoms. The number of benzene rings is 2. The number of halogens is 1. The number of aliphatic hydroxyl groups is 1. The normalized spacial score (nSPS) is 14.1. The van der Waals surface area contributed by atoms with Gasteiger partial charge in [-0.2, -0.15) is 0 Å². The fourth-order valence-corrected chi connectivity index (χ4v) is 2.53. The molecule has 0 bridgehead atoms. The van der Waals surface area contributed by atoms with Crippen LogP contribution in [-0.2, 0) is 11.8 Å². The smallest absolute Gasteiger partial charge is 0.0528 e. The number of hydrogen-bond donors (Lipinski definition) is 1. The summed E-state index contributed by atoms with van der Waals surface area (Å²) < 4.78 is 0. The van der Waals surface area contributed by atoms with E-state index in [4.69, 9.17) is 11.6 Å². The van der Waals surface area contributed by atoms with Crippen molar-refractivity contribution in [2.24, 2.45) is 0 Å². The molecule has 1 N–H and O–H groups in total. The van der Waals surface area contributed by atoms with Crippen molar-refractivity contribution in [2.75, 3.05) is 6.61 Å². The lowest BCUT2D eigenvalue weighted by Crippen LogP contribution is -2.29. The van der Waals surface area contributed by atoms with E-state index >= 15 is 0 Å². The van der Waals surface area contributed by atoms with E-state index in [1.165, 1.54) is 11.1 Å². The van der Waals surface area contributed by atoms with Gasteiger partial charge in [0, 0.05) is 10.4 Å². The Kier molecular flexibility index (Phi) is 4.28. The molecule has 2 aromatic carbocycles. The first-order chi connectivity index (χ1) is 9.05. The van der Waals surface area contributed by atoms with Crippen molar-refractivity contribution in [2.45, 2.75) is 25.7 Å². The maximum absolute atomic E-state index is 9.84. The van der Waals surface area contributed by atoms with E-state index < -0.39 is 0 Å². The first kappa shape index (κ1) is 14.1. The predicted molar refractivity (Wildman–Crippen MR) is 80.8 cm³/mol. The van der Waals surface area contributed by atoms with E-state index in [-0.39, 0.29) is 12.0 Å². The summed E-state index contributed by atoms with van der Waals surface area (Å²) >= 11 is 6.06. The molecule has 0 amide bonds. The van der Waals surface area contributed by atoms with E-state index in [1.54, 1.807) is 0 Å². The summed E-state index contributed by atoms with van der Waals surface area (Å²) in [7, 11) is 0. The van der Waals surface area contributed by atoms with E-state index in [2.05, 4.69) is 26.0 Å². The van der Waals surface area contributed by atoms with Gasteiger partial charge in [-0.3, -0.25) is 0 Å². The summed E-state index contributed by atoms with van der Waals surface area (Å²) in [6, 6.07) is 16.1. The highest BCUT2D eigenvalue weighted by Gasteiger charge is 2.27. The minimum atomic E-state index is -0.309. The fourth-order valence-electron chi connectivity index (χ4n) is 2.34.